The van der Waals surface area contributed by atoms with Crippen LogP contribution in [0.4, 0.5) is 4.39 Å². The number of amidine groups is 1. The predicted molar refractivity (Wildman–Crippen MR) is 47.4 cm³/mol. The Morgan fingerprint density at radius 3 is 3.14 bits per heavy atom. The van der Waals surface area contributed by atoms with E-state index >= 15 is 0 Å². The predicted octanol–water partition coefficient (Wildman–Crippen LogP) is 0.136. The summed E-state index contributed by atoms with van der Waals surface area (Å²) in [6.45, 7) is 1.94. The van der Waals surface area contributed by atoms with Crippen LogP contribution in [0.2, 0.25) is 0 Å². The van der Waals surface area contributed by atoms with E-state index in [1.807, 2.05) is 6.92 Å². The number of nitrogens with one attached hydrogen (secondary N) is 1. The fourth-order valence-electron chi connectivity index (χ4n) is 1.94. The minimum absolute atomic E-state index is 0.0376. The number of rotatable bonds is 2. The molecule has 78 valence electrons. The van der Waals surface area contributed by atoms with Crippen LogP contribution in [0, 0.1) is 0 Å². The summed E-state index contributed by atoms with van der Waals surface area (Å²) in [7, 11) is 0. The minimum atomic E-state index is -1.14. The first-order valence-corrected chi connectivity index (χ1v) is 4.63. The molecule has 0 aromatic heterocycles. The third-order valence-electron chi connectivity index (χ3n) is 2.67. The Labute approximate surface area is 80.6 Å². The fraction of sp³-hybridized carbons (Fsp3) is 0.750. The summed E-state index contributed by atoms with van der Waals surface area (Å²) in [5.74, 6) is -1.29. The summed E-state index contributed by atoms with van der Waals surface area (Å²) in [5, 5.41) is 10.3. The molecule has 0 bridgehead atoms. The van der Waals surface area contributed by atoms with Crippen LogP contribution in [0.25, 0.3) is 0 Å². The Morgan fingerprint density at radius 1 is 1.86 bits per heavy atom. The average Bonchev–Trinajstić information content (AvgIpc) is 2.66. The molecule has 6 heteroatoms. The Morgan fingerprint density at radius 2 is 2.57 bits per heavy atom. The van der Waals surface area contributed by atoms with Gasteiger partial charge in [0.05, 0.1) is 0 Å². The maximum absolute atomic E-state index is 13.4. The first-order chi connectivity index (χ1) is 6.63. The van der Waals surface area contributed by atoms with Gasteiger partial charge < -0.3 is 5.11 Å². The van der Waals surface area contributed by atoms with Crippen molar-refractivity contribution in [1.82, 2.24) is 10.4 Å². The topological polar surface area (TPSA) is 64.9 Å². The molecule has 2 rings (SSSR count). The number of aliphatic carboxylic acids is 1. The van der Waals surface area contributed by atoms with Crippen molar-refractivity contribution in [2.24, 2.45) is 4.99 Å². The number of nitrogens with zero attached hydrogens (tertiary/aromatic N) is 2. The SMILES string of the molecule is CCC1CC(F)C2N=C(C(=O)O)NN12. The van der Waals surface area contributed by atoms with Crippen LogP contribution < -0.4 is 5.43 Å². The van der Waals surface area contributed by atoms with Crippen molar-refractivity contribution in [1.29, 1.82) is 0 Å². The monoisotopic (exact) mass is 201 g/mol. The first-order valence-electron chi connectivity index (χ1n) is 4.63. The third-order valence-corrected chi connectivity index (χ3v) is 2.67. The molecule has 5 nitrogen and oxygen atoms in total. The maximum atomic E-state index is 13.4. The lowest BCUT2D eigenvalue weighted by Gasteiger charge is -2.21. The summed E-state index contributed by atoms with van der Waals surface area (Å²) in [4.78, 5) is 14.4. The zero-order valence-corrected chi connectivity index (χ0v) is 7.77. The molecule has 0 saturated carbocycles. The highest BCUT2D eigenvalue weighted by molar-refractivity contribution is 6.34. The van der Waals surface area contributed by atoms with Crippen molar-refractivity contribution in [3.05, 3.63) is 0 Å². The van der Waals surface area contributed by atoms with Crippen molar-refractivity contribution in [2.75, 3.05) is 0 Å². The summed E-state index contributed by atoms with van der Waals surface area (Å²) in [6, 6.07) is 0.0376. The summed E-state index contributed by atoms with van der Waals surface area (Å²) < 4.78 is 13.4. The van der Waals surface area contributed by atoms with Crippen LogP contribution in [-0.2, 0) is 4.79 Å². The molecule has 2 aliphatic heterocycles. The van der Waals surface area contributed by atoms with Crippen LogP contribution in [-0.4, -0.2) is 40.3 Å². The van der Waals surface area contributed by atoms with Gasteiger partial charge in [-0.2, -0.15) is 5.01 Å². The maximum Gasteiger partial charge on any atom is 0.372 e. The molecule has 3 atom stereocenters. The number of carbonyl (C=O) groups is 1. The molecule has 0 radical (unpaired) electrons. The number of halogens is 1. The van der Waals surface area contributed by atoms with Gasteiger partial charge in [0.1, 0.15) is 6.17 Å². The lowest BCUT2D eigenvalue weighted by molar-refractivity contribution is -0.129. The second-order valence-electron chi connectivity index (χ2n) is 3.53. The van der Waals surface area contributed by atoms with Gasteiger partial charge in [0.15, 0.2) is 6.17 Å². The van der Waals surface area contributed by atoms with Gasteiger partial charge in [0, 0.05) is 6.04 Å². The van der Waals surface area contributed by atoms with Crippen molar-refractivity contribution < 1.29 is 14.3 Å². The zero-order valence-electron chi connectivity index (χ0n) is 7.77. The molecule has 0 amide bonds. The Bertz CT molecular complexity index is 294. The van der Waals surface area contributed by atoms with Gasteiger partial charge in [-0.15, -0.1) is 0 Å². The Kier molecular flexibility index (Phi) is 2.14. The molecule has 1 fully saturated rings. The largest absolute Gasteiger partial charge is 0.475 e. The number of aliphatic imine (C=N–C) groups is 1. The summed E-state index contributed by atoms with van der Waals surface area (Å²) >= 11 is 0. The quantitative estimate of drug-likeness (QED) is 0.666. The normalized spacial score (nSPS) is 36.4. The van der Waals surface area contributed by atoms with Crippen LogP contribution in [0.1, 0.15) is 19.8 Å². The number of carboxylic acid groups (broad SMARTS) is 1. The van der Waals surface area contributed by atoms with Crippen molar-refractivity contribution in [3.63, 3.8) is 0 Å². The van der Waals surface area contributed by atoms with E-state index in [1.165, 1.54) is 0 Å². The standard InChI is InChI=1S/C8H12FN3O2/c1-2-4-3-5(9)7-10-6(8(13)14)11-12(4)7/h4-5,7H,2-3H2,1H3,(H,10,11)(H,13,14). The molecule has 0 spiro atoms. The number of hydrogen-bond donors (Lipinski definition) is 2. The van der Waals surface area contributed by atoms with Gasteiger partial charge in [-0.1, -0.05) is 6.92 Å². The molecule has 2 aliphatic rings. The van der Waals surface area contributed by atoms with Gasteiger partial charge in [0.2, 0.25) is 5.84 Å². The molecular weight excluding hydrogens is 189 g/mol. The highest BCUT2D eigenvalue weighted by atomic mass is 19.1. The first kappa shape index (κ1) is 9.39. The molecular formula is C8H12FN3O2. The average molecular weight is 201 g/mol. The number of hydrogen-bond acceptors (Lipinski definition) is 4. The highest BCUT2D eigenvalue weighted by Gasteiger charge is 2.45. The Hall–Kier alpha value is -1.17. The van der Waals surface area contributed by atoms with Gasteiger partial charge in [-0.25, -0.2) is 14.2 Å². The van der Waals surface area contributed by atoms with Crippen LogP contribution in [0.3, 0.4) is 0 Å². The van der Waals surface area contributed by atoms with Gasteiger partial charge in [0.25, 0.3) is 0 Å². The van der Waals surface area contributed by atoms with E-state index in [4.69, 9.17) is 5.11 Å². The molecule has 2 N–H and O–H groups in total. The summed E-state index contributed by atoms with van der Waals surface area (Å²) in [5.41, 5.74) is 2.63. The van der Waals surface area contributed by atoms with E-state index in [0.29, 0.717) is 6.42 Å². The molecule has 0 aromatic carbocycles. The van der Waals surface area contributed by atoms with Crippen LogP contribution >= 0.6 is 0 Å². The zero-order chi connectivity index (χ0) is 10.3. The van der Waals surface area contributed by atoms with Crippen LogP contribution in [0.15, 0.2) is 4.99 Å². The van der Waals surface area contributed by atoms with Crippen molar-refractivity contribution in [2.45, 2.75) is 38.1 Å². The van der Waals surface area contributed by atoms with Gasteiger partial charge in [-0.05, 0) is 12.8 Å². The smallest absolute Gasteiger partial charge is 0.372 e. The molecule has 0 aliphatic carbocycles. The van der Waals surface area contributed by atoms with Gasteiger partial charge in [-0.3, -0.25) is 5.43 Å². The Balaban J connectivity index is 2.16. The summed E-state index contributed by atoms with van der Waals surface area (Å²) in [6.07, 6.45) is -0.507. The van der Waals surface area contributed by atoms with E-state index in [-0.39, 0.29) is 11.9 Å². The van der Waals surface area contributed by atoms with Crippen LogP contribution in [0.5, 0.6) is 0 Å². The van der Waals surface area contributed by atoms with E-state index in [9.17, 15) is 9.18 Å². The van der Waals surface area contributed by atoms with Crippen molar-refractivity contribution in [3.8, 4) is 0 Å². The van der Waals surface area contributed by atoms with Crippen molar-refractivity contribution >= 4 is 11.8 Å². The number of fused-ring (bicyclic) bond motifs is 1. The van der Waals surface area contributed by atoms with Gasteiger partial charge >= 0.3 is 5.97 Å². The molecule has 2 heterocycles. The highest BCUT2D eigenvalue weighted by Crippen LogP contribution is 2.30. The van der Waals surface area contributed by atoms with E-state index in [0.717, 1.165) is 6.42 Å². The minimum Gasteiger partial charge on any atom is -0.475 e. The lowest BCUT2D eigenvalue weighted by Crippen LogP contribution is -2.45. The number of alkyl halides is 1. The van der Waals surface area contributed by atoms with E-state index < -0.39 is 18.3 Å². The second kappa shape index (κ2) is 3.20. The molecule has 1 saturated heterocycles. The second-order valence-corrected chi connectivity index (χ2v) is 3.53. The number of carboxylic acids is 1. The van der Waals surface area contributed by atoms with E-state index in [2.05, 4.69) is 10.4 Å². The fourth-order valence-corrected chi connectivity index (χ4v) is 1.94. The number of hydrazine groups is 1. The third kappa shape index (κ3) is 1.26. The molecule has 0 aromatic rings. The van der Waals surface area contributed by atoms with E-state index in [1.54, 1.807) is 5.01 Å². The molecule has 14 heavy (non-hydrogen) atoms. The molecule has 3 unspecified atom stereocenters. The lowest BCUT2D eigenvalue weighted by atomic mass is 10.1.